The van der Waals surface area contributed by atoms with E-state index in [1.807, 2.05) is 30.3 Å². The molecule has 1 atom stereocenters. The molecule has 0 spiro atoms. The summed E-state index contributed by atoms with van der Waals surface area (Å²) in [5.74, 6) is -0.463. The normalized spacial score (nSPS) is 15.0. The highest BCUT2D eigenvalue weighted by molar-refractivity contribution is 5.97. The van der Waals surface area contributed by atoms with E-state index < -0.39 is 17.9 Å². The Morgan fingerprint density at radius 1 is 1.11 bits per heavy atom. The Morgan fingerprint density at radius 2 is 1.82 bits per heavy atom. The van der Waals surface area contributed by atoms with E-state index in [0.717, 1.165) is 31.2 Å². The number of methoxy groups -OCH3 is 1. The molecule has 1 aliphatic rings. The molecule has 0 bridgehead atoms. The second kappa shape index (κ2) is 9.26. The van der Waals surface area contributed by atoms with Gasteiger partial charge in [0.1, 0.15) is 6.04 Å². The Balaban J connectivity index is 1.73. The van der Waals surface area contributed by atoms with E-state index in [0.29, 0.717) is 17.1 Å². The fraction of sp³-hybridized carbons (Fsp3) is 0.364. The standard InChI is InChI=1S/C22H25NO5/c1-27-19-12-11-16(14-20(19)28-17-9-5-6-10-17)21(24)23-18(22(25)26)13-15-7-3-2-4-8-15/h2-4,7-8,11-12,14,17-18H,5-6,9-10,13H2,1H3,(H,23,24)(H,25,26)/t18-/m1/s1. The molecule has 0 aliphatic heterocycles. The van der Waals surface area contributed by atoms with Crippen LogP contribution in [0.4, 0.5) is 0 Å². The first-order valence-electron chi connectivity index (χ1n) is 9.49. The van der Waals surface area contributed by atoms with E-state index in [4.69, 9.17) is 9.47 Å². The Labute approximate surface area is 164 Å². The van der Waals surface area contributed by atoms with Crippen LogP contribution in [0, 0.1) is 0 Å². The average Bonchev–Trinajstić information content (AvgIpc) is 3.21. The molecule has 0 aromatic heterocycles. The molecule has 1 fully saturated rings. The molecule has 1 amide bonds. The predicted octanol–water partition coefficient (Wildman–Crippen LogP) is 3.44. The first kappa shape index (κ1) is 19.7. The molecule has 3 rings (SSSR count). The van der Waals surface area contributed by atoms with Gasteiger partial charge in [0, 0.05) is 12.0 Å². The molecular weight excluding hydrogens is 358 g/mol. The molecule has 0 unspecified atom stereocenters. The molecular formula is C22H25NO5. The number of nitrogens with one attached hydrogen (secondary N) is 1. The maximum atomic E-state index is 12.7. The average molecular weight is 383 g/mol. The highest BCUT2D eigenvalue weighted by Crippen LogP contribution is 2.32. The van der Waals surface area contributed by atoms with Gasteiger partial charge in [0.15, 0.2) is 11.5 Å². The number of carboxylic acid groups (broad SMARTS) is 1. The van der Waals surface area contributed by atoms with Crippen LogP contribution in [0.2, 0.25) is 0 Å². The van der Waals surface area contributed by atoms with Crippen LogP contribution in [0.15, 0.2) is 48.5 Å². The smallest absolute Gasteiger partial charge is 0.326 e. The van der Waals surface area contributed by atoms with Crippen LogP contribution in [0.25, 0.3) is 0 Å². The van der Waals surface area contributed by atoms with Crippen molar-refractivity contribution in [2.24, 2.45) is 0 Å². The number of benzene rings is 2. The first-order valence-corrected chi connectivity index (χ1v) is 9.49. The zero-order valence-corrected chi connectivity index (χ0v) is 15.9. The van der Waals surface area contributed by atoms with Crippen molar-refractivity contribution in [3.63, 3.8) is 0 Å². The number of aliphatic carboxylic acids is 1. The SMILES string of the molecule is COc1ccc(C(=O)N[C@H](Cc2ccccc2)C(=O)O)cc1OC1CCCC1. The molecule has 28 heavy (non-hydrogen) atoms. The van der Waals surface area contributed by atoms with Gasteiger partial charge in [-0.3, -0.25) is 4.79 Å². The van der Waals surface area contributed by atoms with Gasteiger partial charge in [0.25, 0.3) is 5.91 Å². The third-order valence-electron chi connectivity index (χ3n) is 4.91. The Morgan fingerprint density at radius 3 is 2.46 bits per heavy atom. The lowest BCUT2D eigenvalue weighted by atomic mass is 10.1. The van der Waals surface area contributed by atoms with Crippen LogP contribution in [0.3, 0.4) is 0 Å². The van der Waals surface area contributed by atoms with E-state index >= 15 is 0 Å². The third-order valence-corrected chi connectivity index (χ3v) is 4.91. The predicted molar refractivity (Wildman–Crippen MR) is 105 cm³/mol. The van der Waals surface area contributed by atoms with E-state index in [9.17, 15) is 14.7 Å². The van der Waals surface area contributed by atoms with Crippen molar-refractivity contribution < 1.29 is 24.2 Å². The number of amides is 1. The maximum absolute atomic E-state index is 12.7. The lowest BCUT2D eigenvalue weighted by Gasteiger charge is -2.18. The molecule has 0 radical (unpaired) electrons. The van der Waals surface area contributed by atoms with Crippen LogP contribution in [0.5, 0.6) is 11.5 Å². The van der Waals surface area contributed by atoms with Crippen molar-refractivity contribution in [1.82, 2.24) is 5.32 Å². The maximum Gasteiger partial charge on any atom is 0.326 e. The van der Waals surface area contributed by atoms with Gasteiger partial charge in [-0.2, -0.15) is 0 Å². The van der Waals surface area contributed by atoms with Gasteiger partial charge < -0.3 is 19.9 Å². The highest BCUT2D eigenvalue weighted by Gasteiger charge is 2.23. The van der Waals surface area contributed by atoms with Gasteiger partial charge in [-0.1, -0.05) is 30.3 Å². The number of hydrogen-bond acceptors (Lipinski definition) is 4. The van der Waals surface area contributed by atoms with E-state index in [2.05, 4.69) is 5.32 Å². The molecule has 1 aliphatic carbocycles. The summed E-state index contributed by atoms with van der Waals surface area (Å²) in [7, 11) is 1.55. The number of hydrogen-bond donors (Lipinski definition) is 2. The van der Waals surface area contributed by atoms with Crippen LogP contribution in [-0.4, -0.2) is 36.2 Å². The van der Waals surface area contributed by atoms with Gasteiger partial charge in [-0.15, -0.1) is 0 Å². The molecule has 0 saturated heterocycles. The summed E-state index contributed by atoms with van der Waals surface area (Å²) >= 11 is 0. The largest absolute Gasteiger partial charge is 0.493 e. The number of ether oxygens (including phenoxy) is 2. The van der Waals surface area contributed by atoms with Crippen LogP contribution in [0.1, 0.15) is 41.6 Å². The molecule has 6 nitrogen and oxygen atoms in total. The fourth-order valence-corrected chi connectivity index (χ4v) is 3.39. The van der Waals surface area contributed by atoms with Crippen LogP contribution >= 0.6 is 0 Å². The number of rotatable bonds is 8. The summed E-state index contributed by atoms with van der Waals surface area (Å²) in [4.78, 5) is 24.3. The van der Waals surface area contributed by atoms with Crippen molar-refractivity contribution in [2.75, 3.05) is 7.11 Å². The molecule has 2 aromatic rings. The number of carboxylic acids is 1. The molecule has 6 heteroatoms. The Kier molecular flexibility index (Phi) is 6.53. The van der Waals surface area contributed by atoms with Crippen LogP contribution in [-0.2, 0) is 11.2 Å². The topological polar surface area (TPSA) is 84.9 Å². The Bertz CT molecular complexity index is 815. The Hall–Kier alpha value is -3.02. The minimum atomic E-state index is -1.08. The second-order valence-corrected chi connectivity index (χ2v) is 6.94. The first-order chi connectivity index (χ1) is 13.6. The van der Waals surface area contributed by atoms with Crippen LogP contribution < -0.4 is 14.8 Å². The molecule has 0 heterocycles. The van der Waals surface area contributed by atoms with Crippen molar-refractivity contribution in [2.45, 2.75) is 44.2 Å². The minimum Gasteiger partial charge on any atom is -0.493 e. The fourth-order valence-electron chi connectivity index (χ4n) is 3.39. The van der Waals surface area contributed by atoms with E-state index in [1.165, 1.54) is 0 Å². The summed E-state index contributed by atoms with van der Waals surface area (Å²) < 4.78 is 11.4. The quantitative estimate of drug-likeness (QED) is 0.729. The third kappa shape index (κ3) is 5.03. The summed E-state index contributed by atoms with van der Waals surface area (Å²) in [6.45, 7) is 0. The summed E-state index contributed by atoms with van der Waals surface area (Å²) in [6.07, 6.45) is 4.57. The van der Waals surface area contributed by atoms with Gasteiger partial charge >= 0.3 is 5.97 Å². The summed E-state index contributed by atoms with van der Waals surface area (Å²) in [5.41, 5.74) is 1.18. The summed E-state index contributed by atoms with van der Waals surface area (Å²) in [5, 5.41) is 12.1. The highest BCUT2D eigenvalue weighted by atomic mass is 16.5. The van der Waals surface area contributed by atoms with E-state index in [-0.39, 0.29) is 12.5 Å². The lowest BCUT2D eigenvalue weighted by Crippen LogP contribution is -2.42. The minimum absolute atomic E-state index is 0.122. The molecule has 2 aromatic carbocycles. The lowest BCUT2D eigenvalue weighted by molar-refractivity contribution is -0.139. The second-order valence-electron chi connectivity index (χ2n) is 6.94. The molecule has 2 N–H and O–H groups in total. The number of carbonyl (C=O) groups excluding carboxylic acids is 1. The van der Waals surface area contributed by atoms with Crippen molar-refractivity contribution in [3.8, 4) is 11.5 Å². The number of carbonyl (C=O) groups is 2. The van der Waals surface area contributed by atoms with Gasteiger partial charge in [0.2, 0.25) is 0 Å². The summed E-state index contributed by atoms with van der Waals surface area (Å²) in [6, 6.07) is 13.1. The van der Waals surface area contributed by atoms with E-state index in [1.54, 1.807) is 25.3 Å². The van der Waals surface area contributed by atoms with Gasteiger partial charge in [-0.05, 0) is 49.4 Å². The zero-order chi connectivity index (χ0) is 19.9. The van der Waals surface area contributed by atoms with Crippen molar-refractivity contribution in [1.29, 1.82) is 0 Å². The van der Waals surface area contributed by atoms with Gasteiger partial charge in [0.05, 0.1) is 13.2 Å². The van der Waals surface area contributed by atoms with Gasteiger partial charge in [-0.25, -0.2) is 4.79 Å². The zero-order valence-electron chi connectivity index (χ0n) is 15.9. The molecule has 1 saturated carbocycles. The van der Waals surface area contributed by atoms with Crippen molar-refractivity contribution in [3.05, 3.63) is 59.7 Å². The monoisotopic (exact) mass is 383 g/mol. The van der Waals surface area contributed by atoms with Crippen molar-refractivity contribution >= 4 is 11.9 Å². The molecule has 148 valence electrons.